The third kappa shape index (κ3) is 4.09. The Hall–Kier alpha value is -1.92. The molecule has 6 nitrogen and oxygen atoms in total. The predicted octanol–water partition coefficient (Wildman–Crippen LogP) is 0.811. The largest absolute Gasteiger partial charge is 0.469 e. The molecule has 1 fully saturated rings. The van der Waals surface area contributed by atoms with Gasteiger partial charge in [-0.3, -0.25) is 9.59 Å². The second-order valence-electron chi connectivity index (χ2n) is 5.83. The summed E-state index contributed by atoms with van der Waals surface area (Å²) >= 11 is 0. The lowest BCUT2D eigenvalue weighted by molar-refractivity contribution is -0.151. The first-order valence-corrected chi connectivity index (χ1v) is 7.78. The number of hydrogen-bond acceptors (Lipinski definition) is 5. The zero-order chi connectivity index (χ0) is 16.9. The number of esters is 1. The van der Waals surface area contributed by atoms with Crippen molar-refractivity contribution < 1.29 is 24.5 Å². The highest BCUT2D eigenvalue weighted by atomic mass is 16.5. The minimum absolute atomic E-state index is 0.0858. The molecule has 23 heavy (non-hydrogen) atoms. The van der Waals surface area contributed by atoms with Crippen LogP contribution in [0.1, 0.15) is 31.2 Å². The number of likely N-dealkylation sites (tertiary alicyclic amines) is 1. The zero-order valence-electron chi connectivity index (χ0n) is 13.3. The molecule has 2 N–H and O–H groups in total. The summed E-state index contributed by atoms with van der Waals surface area (Å²) in [7, 11) is 1.32. The van der Waals surface area contributed by atoms with Gasteiger partial charge in [-0.2, -0.15) is 0 Å². The van der Waals surface area contributed by atoms with Gasteiger partial charge in [0, 0.05) is 32.4 Å². The van der Waals surface area contributed by atoms with Crippen LogP contribution in [0.2, 0.25) is 0 Å². The minimum Gasteiger partial charge on any atom is -0.469 e. The van der Waals surface area contributed by atoms with Gasteiger partial charge in [0.2, 0.25) is 5.91 Å². The maximum absolute atomic E-state index is 12.1. The van der Waals surface area contributed by atoms with Crippen molar-refractivity contribution in [1.82, 2.24) is 4.90 Å². The first-order chi connectivity index (χ1) is 11.0. The second-order valence-corrected chi connectivity index (χ2v) is 5.83. The molecule has 0 aliphatic carbocycles. The zero-order valence-corrected chi connectivity index (χ0v) is 13.3. The molecule has 0 spiro atoms. The molecule has 126 valence electrons. The van der Waals surface area contributed by atoms with Crippen LogP contribution in [0.4, 0.5) is 0 Å². The fourth-order valence-corrected chi connectivity index (χ4v) is 2.86. The number of rotatable bonds is 5. The number of benzene rings is 1. The number of piperidine rings is 1. The molecule has 0 unspecified atom stereocenters. The Bertz CT molecular complexity index is 547. The van der Waals surface area contributed by atoms with Gasteiger partial charge in [-0.25, -0.2) is 0 Å². The topological polar surface area (TPSA) is 87.1 Å². The molecule has 0 bridgehead atoms. The second kappa shape index (κ2) is 7.57. The summed E-state index contributed by atoms with van der Waals surface area (Å²) in [6.07, 6.45) is 0.0865. The Kier molecular flexibility index (Phi) is 5.74. The summed E-state index contributed by atoms with van der Waals surface area (Å²) in [5, 5.41) is 21.1. The highest BCUT2D eigenvalue weighted by molar-refractivity contribution is 5.77. The molecule has 1 aromatic rings. The molecule has 2 atom stereocenters. The van der Waals surface area contributed by atoms with E-state index in [-0.39, 0.29) is 37.7 Å². The van der Waals surface area contributed by atoms with E-state index in [2.05, 4.69) is 4.74 Å². The van der Waals surface area contributed by atoms with Gasteiger partial charge < -0.3 is 19.8 Å². The van der Waals surface area contributed by atoms with Crippen LogP contribution < -0.4 is 0 Å². The molecule has 0 saturated carbocycles. The van der Waals surface area contributed by atoms with Gasteiger partial charge in [0.1, 0.15) is 11.7 Å². The Balaban J connectivity index is 1.91. The van der Waals surface area contributed by atoms with Crippen molar-refractivity contribution in [2.45, 2.75) is 37.4 Å². The Morgan fingerprint density at radius 2 is 2.00 bits per heavy atom. The van der Waals surface area contributed by atoms with Crippen LogP contribution in [0.5, 0.6) is 0 Å². The number of methoxy groups -OCH3 is 1. The van der Waals surface area contributed by atoms with Gasteiger partial charge in [0.25, 0.3) is 0 Å². The summed E-state index contributed by atoms with van der Waals surface area (Å²) in [4.78, 5) is 24.7. The SMILES string of the molecule is COC(=O)CCCC(=O)N1CC[C@](O)(c2ccccc2)[C@@H](O)C1. The number of carbonyl (C=O) groups excluding carboxylic acids is 2. The van der Waals surface area contributed by atoms with Crippen molar-refractivity contribution in [3.63, 3.8) is 0 Å². The van der Waals surface area contributed by atoms with E-state index in [1.54, 1.807) is 17.0 Å². The van der Waals surface area contributed by atoms with E-state index in [1.807, 2.05) is 18.2 Å². The highest BCUT2D eigenvalue weighted by Crippen LogP contribution is 2.33. The number of amides is 1. The Morgan fingerprint density at radius 3 is 2.61 bits per heavy atom. The van der Waals surface area contributed by atoms with Crippen LogP contribution in [0.15, 0.2) is 30.3 Å². The quantitative estimate of drug-likeness (QED) is 0.784. The highest BCUT2D eigenvalue weighted by Gasteiger charge is 2.42. The maximum Gasteiger partial charge on any atom is 0.305 e. The van der Waals surface area contributed by atoms with E-state index in [0.717, 1.165) is 0 Å². The molecule has 1 heterocycles. The molecular formula is C17H23NO5. The number of β-amino-alcohol motifs (C(OH)–C–C–N with tert-alkyl or cyclic N) is 1. The minimum atomic E-state index is -1.33. The number of carbonyl (C=O) groups is 2. The number of aliphatic hydroxyl groups is 2. The monoisotopic (exact) mass is 321 g/mol. The fourth-order valence-electron chi connectivity index (χ4n) is 2.86. The normalized spacial score (nSPS) is 24.3. The summed E-state index contributed by atoms with van der Waals surface area (Å²) in [6.45, 7) is 0.460. The molecule has 2 rings (SSSR count). The first-order valence-electron chi connectivity index (χ1n) is 7.78. The van der Waals surface area contributed by atoms with Crippen LogP contribution >= 0.6 is 0 Å². The smallest absolute Gasteiger partial charge is 0.305 e. The molecule has 1 aliphatic heterocycles. The van der Waals surface area contributed by atoms with Crippen molar-refractivity contribution in [2.24, 2.45) is 0 Å². The van der Waals surface area contributed by atoms with E-state index < -0.39 is 11.7 Å². The Morgan fingerprint density at radius 1 is 1.30 bits per heavy atom. The third-order valence-corrected chi connectivity index (χ3v) is 4.33. The van der Waals surface area contributed by atoms with Crippen LogP contribution in [0.25, 0.3) is 0 Å². The van der Waals surface area contributed by atoms with Gasteiger partial charge in [0.05, 0.1) is 7.11 Å². The van der Waals surface area contributed by atoms with Gasteiger partial charge in [0.15, 0.2) is 0 Å². The Labute approximate surface area is 135 Å². The van der Waals surface area contributed by atoms with Gasteiger partial charge in [-0.15, -0.1) is 0 Å². The summed E-state index contributed by atoms with van der Waals surface area (Å²) < 4.78 is 4.53. The van der Waals surface area contributed by atoms with Gasteiger partial charge in [-0.1, -0.05) is 30.3 Å². The summed E-state index contributed by atoms with van der Waals surface area (Å²) in [5.41, 5.74) is -0.672. The number of nitrogens with zero attached hydrogens (tertiary/aromatic N) is 1. The van der Waals surface area contributed by atoms with E-state index in [0.29, 0.717) is 18.5 Å². The first kappa shape index (κ1) is 17.4. The maximum atomic E-state index is 12.1. The average molecular weight is 321 g/mol. The number of ether oxygens (including phenoxy) is 1. The predicted molar refractivity (Wildman–Crippen MR) is 83.4 cm³/mol. The summed E-state index contributed by atoms with van der Waals surface area (Å²) in [5.74, 6) is -0.460. The van der Waals surface area contributed by atoms with E-state index >= 15 is 0 Å². The molecule has 1 amide bonds. The van der Waals surface area contributed by atoms with Gasteiger partial charge >= 0.3 is 5.97 Å². The molecular weight excluding hydrogens is 298 g/mol. The molecule has 1 aromatic carbocycles. The van der Waals surface area contributed by atoms with Crippen molar-refractivity contribution in [3.05, 3.63) is 35.9 Å². The number of hydrogen-bond donors (Lipinski definition) is 2. The van der Waals surface area contributed by atoms with E-state index in [9.17, 15) is 19.8 Å². The molecule has 0 radical (unpaired) electrons. The summed E-state index contributed by atoms with van der Waals surface area (Å²) in [6, 6.07) is 9.02. The van der Waals surface area contributed by atoms with Crippen LogP contribution in [0, 0.1) is 0 Å². The molecule has 6 heteroatoms. The van der Waals surface area contributed by atoms with Crippen LogP contribution in [0.3, 0.4) is 0 Å². The van der Waals surface area contributed by atoms with Crippen LogP contribution in [-0.4, -0.2) is 53.3 Å². The lowest BCUT2D eigenvalue weighted by Gasteiger charge is -2.42. The molecule has 1 saturated heterocycles. The van der Waals surface area contributed by atoms with Gasteiger partial charge in [-0.05, 0) is 12.0 Å². The van der Waals surface area contributed by atoms with E-state index in [4.69, 9.17) is 0 Å². The third-order valence-electron chi connectivity index (χ3n) is 4.33. The fraction of sp³-hybridized carbons (Fsp3) is 0.529. The molecule has 1 aliphatic rings. The standard InChI is InChI=1S/C17H23NO5/c1-23-16(21)9-5-8-15(20)18-11-10-17(22,14(19)12-18)13-6-3-2-4-7-13/h2-4,6-7,14,19,22H,5,8-12H2,1H3/t14-,17-/m0/s1. The van der Waals surface area contributed by atoms with Crippen molar-refractivity contribution >= 4 is 11.9 Å². The lowest BCUT2D eigenvalue weighted by Crippen LogP contribution is -2.55. The van der Waals surface area contributed by atoms with Crippen molar-refractivity contribution in [3.8, 4) is 0 Å². The van der Waals surface area contributed by atoms with E-state index in [1.165, 1.54) is 7.11 Å². The molecule has 0 aromatic heterocycles. The number of aliphatic hydroxyl groups excluding tert-OH is 1. The van der Waals surface area contributed by atoms with Crippen molar-refractivity contribution in [1.29, 1.82) is 0 Å². The van der Waals surface area contributed by atoms with Crippen molar-refractivity contribution in [2.75, 3.05) is 20.2 Å². The lowest BCUT2D eigenvalue weighted by atomic mass is 9.82. The average Bonchev–Trinajstić information content (AvgIpc) is 2.57. The van der Waals surface area contributed by atoms with Crippen LogP contribution in [-0.2, 0) is 19.9 Å².